The fourth-order valence-corrected chi connectivity index (χ4v) is 1.93. The zero-order valence-electron chi connectivity index (χ0n) is 11.2. The first-order valence-corrected chi connectivity index (χ1v) is 6.40. The molecule has 0 saturated heterocycles. The molecule has 2 aromatic rings. The van der Waals surface area contributed by atoms with Crippen molar-refractivity contribution in [2.75, 3.05) is 11.9 Å². The highest BCUT2D eigenvalue weighted by atomic mass is 16.3. The van der Waals surface area contributed by atoms with Crippen LogP contribution in [0.1, 0.15) is 31.5 Å². The molecule has 4 nitrogen and oxygen atoms in total. The van der Waals surface area contributed by atoms with Crippen LogP contribution < -0.4 is 5.32 Å². The second kappa shape index (κ2) is 5.67. The lowest BCUT2D eigenvalue weighted by Crippen LogP contribution is -2.09. The summed E-state index contributed by atoms with van der Waals surface area (Å²) in [5.74, 6) is 1.67. The van der Waals surface area contributed by atoms with E-state index in [1.165, 1.54) is 5.56 Å². The van der Waals surface area contributed by atoms with Crippen LogP contribution >= 0.6 is 0 Å². The van der Waals surface area contributed by atoms with E-state index in [9.17, 15) is 0 Å². The molecule has 0 aliphatic rings. The second-order valence-corrected chi connectivity index (χ2v) is 4.25. The van der Waals surface area contributed by atoms with Gasteiger partial charge in [-0.1, -0.05) is 13.8 Å². The van der Waals surface area contributed by atoms with Gasteiger partial charge in [-0.2, -0.15) is 0 Å². The van der Waals surface area contributed by atoms with Gasteiger partial charge < -0.3 is 9.73 Å². The van der Waals surface area contributed by atoms with Crippen molar-refractivity contribution in [2.45, 2.75) is 33.6 Å². The van der Waals surface area contributed by atoms with Gasteiger partial charge in [0.1, 0.15) is 12.1 Å². The van der Waals surface area contributed by atoms with Gasteiger partial charge in [0, 0.05) is 17.8 Å². The van der Waals surface area contributed by atoms with Crippen LogP contribution in [-0.2, 0) is 6.42 Å². The van der Waals surface area contributed by atoms with Crippen LogP contribution in [0, 0.1) is 6.92 Å². The molecular weight excluding hydrogens is 226 g/mol. The molecule has 0 spiro atoms. The van der Waals surface area contributed by atoms with Crippen molar-refractivity contribution < 1.29 is 4.42 Å². The summed E-state index contributed by atoms with van der Waals surface area (Å²) in [6.45, 7) is 7.22. The topological polar surface area (TPSA) is 51.0 Å². The van der Waals surface area contributed by atoms with E-state index in [2.05, 4.69) is 29.1 Å². The van der Waals surface area contributed by atoms with Gasteiger partial charge >= 0.3 is 0 Å². The Labute approximate surface area is 107 Å². The maximum Gasteiger partial charge on any atom is 0.165 e. The lowest BCUT2D eigenvalue weighted by Gasteiger charge is -2.12. The molecule has 4 heteroatoms. The Hall–Kier alpha value is -1.84. The van der Waals surface area contributed by atoms with E-state index in [1.807, 2.05) is 13.0 Å². The highest BCUT2D eigenvalue weighted by Gasteiger charge is 2.11. The molecule has 0 aliphatic heterocycles. The molecule has 96 valence electrons. The number of aromatic nitrogens is 2. The average Bonchev–Trinajstić information content (AvgIpc) is 2.89. The monoisotopic (exact) mass is 245 g/mol. The standard InChI is InChI=1S/C14H19N3O/c1-4-7-15-14-12(5-2)10(3)16-13(17-14)11-6-8-18-9-11/h6,8-9H,4-5,7H2,1-3H3,(H,15,16,17). The number of hydrogen-bond donors (Lipinski definition) is 1. The van der Waals surface area contributed by atoms with Crippen molar-refractivity contribution in [3.8, 4) is 11.4 Å². The summed E-state index contributed by atoms with van der Waals surface area (Å²) < 4.78 is 5.09. The van der Waals surface area contributed by atoms with Crippen molar-refractivity contribution in [1.82, 2.24) is 9.97 Å². The van der Waals surface area contributed by atoms with E-state index in [4.69, 9.17) is 4.42 Å². The second-order valence-electron chi connectivity index (χ2n) is 4.25. The SMILES string of the molecule is CCCNc1nc(-c2ccoc2)nc(C)c1CC. The predicted molar refractivity (Wildman–Crippen MR) is 72.6 cm³/mol. The summed E-state index contributed by atoms with van der Waals surface area (Å²) in [6.07, 6.45) is 5.32. The summed E-state index contributed by atoms with van der Waals surface area (Å²) in [5, 5.41) is 3.38. The van der Waals surface area contributed by atoms with Crippen LogP contribution in [-0.4, -0.2) is 16.5 Å². The molecule has 0 aliphatic carbocycles. The Morgan fingerprint density at radius 2 is 2.11 bits per heavy atom. The molecule has 2 aromatic heterocycles. The van der Waals surface area contributed by atoms with Gasteiger partial charge in [-0.05, 0) is 25.8 Å². The molecule has 0 unspecified atom stereocenters. The van der Waals surface area contributed by atoms with Gasteiger partial charge in [-0.25, -0.2) is 9.97 Å². The Kier molecular flexibility index (Phi) is 3.97. The number of furan rings is 1. The van der Waals surface area contributed by atoms with E-state index >= 15 is 0 Å². The number of aryl methyl sites for hydroxylation is 1. The smallest absolute Gasteiger partial charge is 0.165 e. The molecule has 0 radical (unpaired) electrons. The molecule has 0 atom stereocenters. The lowest BCUT2D eigenvalue weighted by atomic mass is 10.1. The Balaban J connectivity index is 2.42. The van der Waals surface area contributed by atoms with Crippen molar-refractivity contribution >= 4 is 5.82 Å². The number of anilines is 1. The van der Waals surface area contributed by atoms with E-state index < -0.39 is 0 Å². The van der Waals surface area contributed by atoms with Gasteiger partial charge in [0.2, 0.25) is 0 Å². The Morgan fingerprint density at radius 3 is 2.72 bits per heavy atom. The number of nitrogens with zero attached hydrogens (tertiary/aromatic N) is 2. The van der Waals surface area contributed by atoms with Gasteiger partial charge in [0.25, 0.3) is 0 Å². The maximum atomic E-state index is 5.09. The van der Waals surface area contributed by atoms with Crippen LogP contribution in [0.25, 0.3) is 11.4 Å². The quantitative estimate of drug-likeness (QED) is 0.876. The minimum atomic E-state index is 0.719. The van der Waals surface area contributed by atoms with Gasteiger partial charge in [-0.3, -0.25) is 0 Å². The summed E-state index contributed by atoms with van der Waals surface area (Å²) in [4.78, 5) is 9.15. The Morgan fingerprint density at radius 1 is 1.28 bits per heavy atom. The third kappa shape index (κ3) is 2.53. The summed E-state index contributed by atoms with van der Waals surface area (Å²) in [5.41, 5.74) is 3.14. The van der Waals surface area contributed by atoms with Crippen molar-refractivity contribution in [3.05, 3.63) is 29.9 Å². The molecule has 0 amide bonds. The van der Waals surface area contributed by atoms with Gasteiger partial charge in [0.15, 0.2) is 5.82 Å². The van der Waals surface area contributed by atoms with E-state index in [0.29, 0.717) is 0 Å². The number of rotatable bonds is 5. The molecule has 0 aromatic carbocycles. The largest absolute Gasteiger partial charge is 0.472 e. The number of hydrogen-bond acceptors (Lipinski definition) is 4. The zero-order chi connectivity index (χ0) is 13.0. The maximum absolute atomic E-state index is 5.09. The molecule has 0 bridgehead atoms. The van der Waals surface area contributed by atoms with E-state index in [-0.39, 0.29) is 0 Å². The van der Waals surface area contributed by atoms with Crippen LogP contribution in [0.15, 0.2) is 23.0 Å². The Bertz CT molecular complexity index is 506. The first-order chi connectivity index (χ1) is 8.76. The molecule has 2 rings (SSSR count). The minimum absolute atomic E-state index is 0.719. The van der Waals surface area contributed by atoms with Crippen LogP contribution in [0.3, 0.4) is 0 Å². The fraction of sp³-hybridized carbons (Fsp3) is 0.429. The molecule has 18 heavy (non-hydrogen) atoms. The highest BCUT2D eigenvalue weighted by molar-refractivity contribution is 5.58. The van der Waals surface area contributed by atoms with Gasteiger partial charge in [-0.15, -0.1) is 0 Å². The molecule has 2 heterocycles. The zero-order valence-corrected chi connectivity index (χ0v) is 11.2. The molecular formula is C14H19N3O. The first kappa shape index (κ1) is 12.6. The van der Waals surface area contributed by atoms with E-state index in [1.54, 1.807) is 12.5 Å². The van der Waals surface area contributed by atoms with Crippen molar-refractivity contribution in [3.63, 3.8) is 0 Å². The summed E-state index contributed by atoms with van der Waals surface area (Å²) in [6, 6.07) is 1.88. The molecule has 1 N–H and O–H groups in total. The van der Waals surface area contributed by atoms with Crippen LogP contribution in [0.2, 0.25) is 0 Å². The molecule has 0 saturated carbocycles. The summed E-state index contributed by atoms with van der Waals surface area (Å²) >= 11 is 0. The number of nitrogens with one attached hydrogen (secondary N) is 1. The lowest BCUT2D eigenvalue weighted by molar-refractivity contribution is 0.568. The normalized spacial score (nSPS) is 10.6. The first-order valence-electron chi connectivity index (χ1n) is 6.40. The van der Waals surface area contributed by atoms with Gasteiger partial charge in [0.05, 0.1) is 11.8 Å². The fourth-order valence-electron chi connectivity index (χ4n) is 1.93. The van der Waals surface area contributed by atoms with Crippen molar-refractivity contribution in [1.29, 1.82) is 0 Å². The summed E-state index contributed by atoms with van der Waals surface area (Å²) in [7, 11) is 0. The third-order valence-electron chi connectivity index (χ3n) is 2.89. The van der Waals surface area contributed by atoms with Crippen molar-refractivity contribution in [2.24, 2.45) is 0 Å². The minimum Gasteiger partial charge on any atom is -0.472 e. The predicted octanol–water partition coefficient (Wildman–Crippen LogP) is 3.43. The average molecular weight is 245 g/mol. The van der Waals surface area contributed by atoms with Crippen LogP contribution in [0.5, 0.6) is 0 Å². The molecule has 0 fully saturated rings. The third-order valence-corrected chi connectivity index (χ3v) is 2.89. The highest BCUT2D eigenvalue weighted by Crippen LogP contribution is 2.23. The van der Waals surface area contributed by atoms with E-state index in [0.717, 1.165) is 42.3 Å². The van der Waals surface area contributed by atoms with Crippen LogP contribution in [0.4, 0.5) is 5.82 Å².